The highest BCUT2D eigenvalue weighted by atomic mass is 16.5. The second-order valence-corrected chi connectivity index (χ2v) is 5.12. The molecule has 0 spiro atoms. The Morgan fingerprint density at radius 1 is 1.35 bits per heavy atom. The quantitative estimate of drug-likeness (QED) is 0.613. The van der Waals surface area contributed by atoms with Crippen LogP contribution in [0.3, 0.4) is 0 Å². The zero-order valence-corrected chi connectivity index (χ0v) is 12.0. The number of nitrogens with zero attached hydrogens (tertiary/aromatic N) is 1. The summed E-state index contributed by atoms with van der Waals surface area (Å²) in [7, 11) is 1.65. The van der Waals surface area contributed by atoms with Crippen LogP contribution < -0.4 is 15.2 Å². The fourth-order valence-electron chi connectivity index (χ4n) is 2.48. The molecule has 1 fully saturated rings. The smallest absolute Gasteiger partial charge is 0.119 e. The van der Waals surface area contributed by atoms with E-state index in [1.807, 2.05) is 24.3 Å². The van der Waals surface area contributed by atoms with Gasteiger partial charge in [-0.1, -0.05) is 0 Å². The highest BCUT2D eigenvalue weighted by molar-refractivity contribution is 5.79. The van der Waals surface area contributed by atoms with Crippen LogP contribution in [-0.2, 0) is 0 Å². The molecule has 0 bridgehead atoms. The number of nitrogens with two attached hydrogens (primary N) is 1. The predicted molar refractivity (Wildman–Crippen MR) is 79.6 cm³/mol. The van der Waals surface area contributed by atoms with Crippen LogP contribution in [0.1, 0.15) is 12.8 Å². The van der Waals surface area contributed by atoms with E-state index in [-0.39, 0.29) is 5.92 Å². The van der Waals surface area contributed by atoms with Gasteiger partial charge in [-0.3, -0.25) is 10.3 Å². The summed E-state index contributed by atoms with van der Waals surface area (Å²) in [6.45, 7) is 3.46. The number of likely N-dealkylation sites (tertiary alicyclic amines) is 1. The second kappa shape index (κ2) is 7.14. The average molecular weight is 277 g/mol. The Bertz CT molecular complexity index is 433. The van der Waals surface area contributed by atoms with Crippen LogP contribution in [0.5, 0.6) is 11.5 Å². The fourth-order valence-corrected chi connectivity index (χ4v) is 2.48. The van der Waals surface area contributed by atoms with E-state index in [2.05, 4.69) is 4.90 Å². The standard InChI is InChI=1S/C15H23N3O2/c1-19-13-4-6-14(7-5-13)20-10-9-18-8-2-3-12(11-18)15(16)17/h4-7,12H,2-3,8-11H2,1H3,(H3,16,17). The molecule has 1 aromatic rings. The third kappa shape index (κ3) is 4.13. The summed E-state index contributed by atoms with van der Waals surface area (Å²) < 4.78 is 10.8. The normalized spacial score (nSPS) is 19.6. The maximum Gasteiger partial charge on any atom is 0.119 e. The van der Waals surface area contributed by atoms with E-state index in [4.69, 9.17) is 20.6 Å². The first-order valence-corrected chi connectivity index (χ1v) is 7.02. The van der Waals surface area contributed by atoms with Gasteiger partial charge in [-0.05, 0) is 43.7 Å². The molecule has 0 aliphatic carbocycles. The first-order valence-electron chi connectivity index (χ1n) is 7.02. The van der Waals surface area contributed by atoms with E-state index < -0.39 is 0 Å². The molecule has 0 saturated carbocycles. The van der Waals surface area contributed by atoms with Gasteiger partial charge in [-0.2, -0.15) is 0 Å². The van der Waals surface area contributed by atoms with Gasteiger partial charge in [-0.25, -0.2) is 0 Å². The summed E-state index contributed by atoms with van der Waals surface area (Å²) in [5.74, 6) is 2.21. The number of ether oxygens (including phenoxy) is 2. The van der Waals surface area contributed by atoms with Crippen LogP contribution in [-0.4, -0.2) is 44.1 Å². The first-order chi connectivity index (χ1) is 9.69. The highest BCUT2D eigenvalue weighted by Gasteiger charge is 2.21. The molecule has 1 aromatic carbocycles. The van der Waals surface area contributed by atoms with Crippen molar-refractivity contribution in [1.82, 2.24) is 4.90 Å². The highest BCUT2D eigenvalue weighted by Crippen LogP contribution is 2.18. The van der Waals surface area contributed by atoms with Gasteiger partial charge in [0.05, 0.1) is 12.9 Å². The minimum Gasteiger partial charge on any atom is -0.497 e. The van der Waals surface area contributed by atoms with Crippen molar-refractivity contribution in [2.24, 2.45) is 11.7 Å². The molecule has 0 amide bonds. The lowest BCUT2D eigenvalue weighted by Crippen LogP contribution is -2.42. The maximum atomic E-state index is 7.54. The number of benzene rings is 1. The van der Waals surface area contributed by atoms with Crippen molar-refractivity contribution >= 4 is 5.84 Å². The third-order valence-electron chi connectivity index (χ3n) is 3.68. The summed E-state index contributed by atoms with van der Waals surface area (Å²) in [5.41, 5.74) is 5.59. The molecule has 1 saturated heterocycles. The number of rotatable bonds is 6. The molecule has 5 nitrogen and oxygen atoms in total. The predicted octanol–water partition coefficient (Wildman–Crippen LogP) is 1.72. The summed E-state index contributed by atoms with van der Waals surface area (Å²) >= 11 is 0. The molecule has 1 unspecified atom stereocenters. The van der Waals surface area contributed by atoms with E-state index in [0.29, 0.717) is 12.4 Å². The van der Waals surface area contributed by atoms with Gasteiger partial charge in [0.1, 0.15) is 18.1 Å². The fraction of sp³-hybridized carbons (Fsp3) is 0.533. The minimum absolute atomic E-state index is 0.213. The molecule has 3 N–H and O–H groups in total. The number of hydrogen-bond acceptors (Lipinski definition) is 4. The summed E-state index contributed by atoms with van der Waals surface area (Å²) in [5, 5.41) is 7.54. The molecule has 20 heavy (non-hydrogen) atoms. The van der Waals surface area contributed by atoms with Crippen LogP contribution in [0.2, 0.25) is 0 Å². The number of hydrogen-bond donors (Lipinski definition) is 2. The molecule has 110 valence electrons. The Kier molecular flexibility index (Phi) is 5.24. The van der Waals surface area contributed by atoms with Crippen LogP contribution in [0.4, 0.5) is 0 Å². The largest absolute Gasteiger partial charge is 0.497 e. The van der Waals surface area contributed by atoms with E-state index in [1.54, 1.807) is 7.11 Å². The molecular formula is C15H23N3O2. The van der Waals surface area contributed by atoms with E-state index >= 15 is 0 Å². The van der Waals surface area contributed by atoms with Crippen molar-refractivity contribution in [3.8, 4) is 11.5 Å². The van der Waals surface area contributed by atoms with Crippen molar-refractivity contribution in [1.29, 1.82) is 5.41 Å². The number of piperidine rings is 1. The summed E-state index contributed by atoms with van der Waals surface area (Å²) in [6.07, 6.45) is 2.14. The topological polar surface area (TPSA) is 71.6 Å². The van der Waals surface area contributed by atoms with Crippen molar-refractivity contribution in [2.45, 2.75) is 12.8 Å². The van der Waals surface area contributed by atoms with Crippen LogP contribution in [0.15, 0.2) is 24.3 Å². The molecule has 5 heteroatoms. The van der Waals surface area contributed by atoms with Crippen molar-refractivity contribution in [2.75, 3.05) is 33.4 Å². The van der Waals surface area contributed by atoms with Crippen LogP contribution in [0.25, 0.3) is 0 Å². The Morgan fingerprint density at radius 2 is 2.05 bits per heavy atom. The molecular weight excluding hydrogens is 254 g/mol. The van der Waals surface area contributed by atoms with E-state index in [0.717, 1.165) is 44.0 Å². The SMILES string of the molecule is COc1ccc(OCCN2CCCC(C(=N)N)C2)cc1. The monoisotopic (exact) mass is 277 g/mol. The zero-order valence-electron chi connectivity index (χ0n) is 12.0. The van der Waals surface area contributed by atoms with Gasteiger partial charge < -0.3 is 15.2 Å². The Balaban J connectivity index is 1.73. The molecule has 0 aromatic heterocycles. The lowest BCUT2D eigenvalue weighted by atomic mass is 9.97. The lowest BCUT2D eigenvalue weighted by molar-refractivity contribution is 0.167. The van der Waals surface area contributed by atoms with Crippen molar-refractivity contribution < 1.29 is 9.47 Å². The lowest BCUT2D eigenvalue weighted by Gasteiger charge is -2.31. The second-order valence-electron chi connectivity index (χ2n) is 5.12. The molecule has 1 aliphatic rings. The van der Waals surface area contributed by atoms with Crippen LogP contribution in [0, 0.1) is 11.3 Å². The zero-order chi connectivity index (χ0) is 14.4. The number of methoxy groups -OCH3 is 1. The van der Waals surface area contributed by atoms with Crippen molar-refractivity contribution in [3.05, 3.63) is 24.3 Å². The Hall–Kier alpha value is -1.75. The first kappa shape index (κ1) is 14.7. The average Bonchev–Trinajstić information content (AvgIpc) is 2.48. The van der Waals surface area contributed by atoms with E-state index in [1.165, 1.54) is 0 Å². The van der Waals surface area contributed by atoms with Gasteiger partial charge in [0.2, 0.25) is 0 Å². The third-order valence-corrected chi connectivity index (χ3v) is 3.68. The van der Waals surface area contributed by atoms with Gasteiger partial charge in [-0.15, -0.1) is 0 Å². The molecule has 1 atom stereocenters. The van der Waals surface area contributed by atoms with E-state index in [9.17, 15) is 0 Å². The molecule has 1 aliphatic heterocycles. The Morgan fingerprint density at radius 3 is 2.70 bits per heavy atom. The summed E-state index contributed by atoms with van der Waals surface area (Å²) in [4.78, 5) is 2.32. The number of nitrogens with one attached hydrogen (secondary N) is 1. The minimum atomic E-state index is 0.213. The van der Waals surface area contributed by atoms with Crippen LogP contribution >= 0.6 is 0 Å². The molecule has 1 heterocycles. The van der Waals surface area contributed by atoms with Gasteiger partial charge in [0, 0.05) is 19.0 Å². The van der Waals surface area contributed by atoms with Gasteiger partial charge in [0.15, 0.2) is 0 Å². The van der Waals surface area contributed by atoms with Gasteiger partial charge >= 0.3 is 0 Å². The Labute approximate surface area is 120 Å². The van der Waals surface area contributed by atoms with Gasteiger partial charge in [0.25, 0.3) is 0 Å². The number of amidine groups is 1. The molecule has 2 rings (SSSR count). The summed E-state index contributed by atoms with van der Waals surface area (Å²) in [6, 6.07) is 7.60. The maximum absolute atomic E-state index is 7.54. The van der Waals surface area contributed by atoms with Crippen molar-refractivity contribution in [3.63, 3.8) is 0 Å². The molecule has 0 radical (unpaired) electrons.